The summed E-state index contributed by atoms with van der Waals surface area (Å²) in [4.78, 5) is 24.9. The number of carbonyl (C=O) groups is 2. The smallest absolute Gasteiger partial charge is 0.340 e. The fourth-order valence-electron chi connectivity index (χ4n) is 3.86. The van der Waals surface area contributed by atoms with Crippen LogP contribution in [0, 0.1) is 25.7 Å². The van der Waals surface area contributed by atoms with E-state index in [4.69, 9.17) is 4.74 Å². The highest BCUT2D eigenvalue weighted by Crippen LogP contribution is 2.29. The lowest BCUT2D eigenvalue weighted by atomic mass is 9.78. The third kappa shape index (κ3) is 4.25. The van der Waals surface area contributed by atoms with E-state index in [0.29, 0.717) is 17.4 Å². The third-order valence-corrected chi connectivity index (χ3v) is 5.80. The average molecular weight is 348 g/mol. The molecule has 1 aliphatic carbocycles. The second kappa shape index (κ2) is 8.07. The number of ether oxygens (including phenoxy) is 1. The van der Waals surface area contributed by atoms with E-state index in [9.17, 15) is 9.59 Å². The summed E-state index contributed by atoms with van der Waals surface area (Å²) in [6.07, 6.45) is 2.55. The molecule has 1 aromatic heterocycles. The molecule has 0 radical (unpaired) electrons. The van der Waals surface area contributed by atoms with Gasteiger partial charge in [-0.15, -0.1) is 0 Å². The number of amides is 1. The SMILES string of the molecule is CCn1c(C)cc(C(=O)O[C@H](C)C(=O)N[C@@H]2CCC[C@H](C)[C@@H]2C)c1C. The highest BCUT2D eigenvalue weighted by atomic mass is 16.5. The molecular weight excluding hydrogens is 316 g/mol. The second-order valence-electron chi connectivity index (χ2n) is 7.46. The molecule has 5 heteroatoms. The van der Waals surface area contributed by atoms with Gasteiger partial charge in [0.2, 0.25) is 0 Å². The molecule has 5 nitrogen and oxygen atoms in total. The van der Waals surface area contributed by atoms with Crippen LogP contribution >= 0.6 is 0 Å². The first-order valence-corrected chi connectivity index (χ1v) is 9.44. The van der Waals surface area contributed by atoms with E-state index in [1.165, 1.54) is 6.42 Å². The van der Waals surface area contributed by atoms with Gasteiger partial charge in [-0.2, -0.15) is 0 Å². The molecule has 0 bridgehead atoms. The minimum absolute atomic E-state index is 0.169. The van der Waals surface area contributed by atoms with Crippen molar-refractivity contribution in [1.29, 1.82) is 0 Å². The van der Waals surface area contributed by atoms with E-state index in [1.54, 1.807) is 6.92 Å². The normalized spacial score (nSPS) is 24.6. The van der Waals surface area contributed by atoms with Crippen molar-refractivity contribution in [2.45, 2.75) is 79.5 Å². The zero-order chi connectivity index (χ0) is 18.7. The van der Waals surface area contributed by atoms with Gasteiger partial charge in [0.1, 0.15) is 0 Å². The van der Waals surface area contributed by atoms with Gasteiger partial charge in [0.05, 0.1) is 5.56 Å². The first-order chi connectivity index (χ1) is 11.8. The van der Waals surface area contributed by atoms with Crippen LogP contribution in [0.2, 0.25) is 0 Å². The standard InChI is InChI=1S/C20H32N2O3/c1-7-22-13(3)11-17(15(22)5)20(24)25-16(6)19(23)21-18-10-8-9-12(2)14(18)4/h11-12,14,16,18H,7-10H2,1-6H3,(H,21,23)/t12-,14-,16+,18+/m0/s1. The maximum atomic E-state index is 12.5. The first-order valence-electron chi connectivity index (χ1n) is 9.44. The summed E-state index contributed by atoms with van der Waals surface area (Å²) in [5.41, 5.74) is 2.44. The monoisotopic (exact) mass is 348 g/mol. The Morgan fingerprint density at radius 3 is 2.60 bits per heavy atom. The molecule has 1 N–H and O–H groups in total. The first kappa shape index (κ1) is 19.5. The van der Waals surface area contributed by atoms with E-state index < -0.39 is 12.1 Å². The molecule has 1 aliphatic rings. The molecule has 0 aliphatic heterocycles. The molecule has 0 unspecified atom stereocenters. The Morgan fingerprint density at radius 1 is 1.32 bits per heavy atom. The fraction of sp³-hybridized carbons (Fsp3) is 0.700. The highest BCUT2D eigenvalue weighted by molar-refractivity contribution is 5.93. The molecule has 0 spiro atoms. The number of hydrogen-bond acceptors (Lipinski definition) is 3. The molecule has 1 fully saturated rings. The van der Waals surface area contributed by atoms with Crippen LogP contribution in [0.15, 0.2) is 6.07 Å². The Hall–Kier alpha value is -1.78. The van der Waals surface area contributed by atoms with Gasteiger partial charge in [-0.1, -0.05) is 26.7 Å². The molecule has 0 saturated heterocycles. The summed E-state index contributed by atoms with van der Waals surface area (Å²) in [5.74, 6) is 0.421. The van der Waals surface area contributed by atoms with Gasteiger partial charge < -0.3 is 14.6 Å². The molecule has 1 saturated carbocycles. The van der Waals surface area contributed by atoms with E-state index in [1.807, 2.05) is 26.8 Å². The minimum atomic E-state index is -0.790. The van der Waals surface area contributed by atoms with Gasteiger partial charge >= 0.3 is 5.97 Å². The molecule has 1 aromatic rings. The van der Waals surface area contributed by atoms with Gasteiger partial charge in [0, 0.05) is 24.0 Å². The van der Waals surface area contributed by atoms with Crippen LogP contribution in [0.1, 0.15) is 68.7 Å². The number of rotatable bonds is 5. The van der Waals surface area contributed by atoms with Crippen LogP contribution < -0.4 is 5.32 Å². The maximum Gasteiger partial charge on any atom is 0.340 e. The number of aromatic nitrogens is 1. The summed E-state index contributed by atoms with van der Waals surface area (Å²) >= 11 is 0. The Balaban J connectivity index is 1.98. The Bertz CT molecular complexity index is 635. The third-order valence-electron chi connectivity index (χ3n) is 5.80. The number of nitrogens with zero attached hydrogens (tertiary/aromatic N) is 1. The van der Waals surface area contributed by atoms with Crippen molar-refractivity contribution in [2.75, 3.05) is 0 Å². The van der Waals surface area contributed by atoms with Crippen molar-refractivity contribution in [2.24, 2.45) is 11.8 Å². The van der Waals surface area contributed by atoms with Gasteiger partial charge in [-0.3, -0.25) is 4.79 Å². The topological polar surface area (TPSA) is 60.3 Å². The van der Waals surface area contributed by atoms with Crippen LogP contribution in [-0.4, -0.2) is 28.6 Å². The lowest BCUT2D eigenvalue weighted by Crippen LogP contribution is -2.47. The number of aryl methyl sites for hydroxylation is 1. The van der Waals surface area contributed by atoms with Gasteiger partial charge in [-0.25, -0.2) is 4.79 Å². The van der Waals surface area contributed by atoms with Crippen molar-refractivity contribution in [3.8, 4) is 0 Å². The molecule has 1 heterocycles. The Labute approximate surface area is 151 Å². The number of esters is 1. The Morgan fingerprint density at radius 2 is 2.00 bits per heavy atom. The van der Waals surface area contributed by atoms with Crippen molar-refractivity contribution < 1.29 is 14.3 Å². The number of nitrogens with one attached hydrogen (secondary N) is 1. The second-order valence-corrected chi connectivity index (χ2v) is 7.46. The molecule has 4 atom stereocenters. The van der Waals surface area contributed by atoms with Crippen LogP contribution in [0.25, 0.3) is 0 Å². The van der Waals surface area contributed by atoms with Crippen LogP contribution in [0.4, 0.5) is 0 Å². The molecule has 2 rings (SSSR count). The highest BCUT2D eigenvalue weighted by Gasteiger charge is 2.30. The lowest BCUT2D eigenvalue weighted by molar-refractivity contribution is -0.130. The van der Waals surface area contributed by atoms with Gasteiger partial charge in [0.25, 0.3) is 5.91 Å². The predicted octanol–water partition coefficient (Wildman–Crippen LogP) is 3.61. The zero-order valence-electron chi connectivity index (χ0n) is 16.4. The predicted molar refractivity (Wildman–Crippen MR) is 98.6 cm³/mol. The van der Waals surface area contributed by atoms with Crippen LogP contribution in [-0.2, 0) is 16.1 Å². The zero-order valence-corrected chi connectivity index (χ0v) is 16.4. The molecule has 1 amide bonds. The molecule has 140 valence electrons. The van der Waals surface area contributed by atoms with Crippen LogP contribution in [0.5, 0.6) is 0 Å². The van der Waals surface area contributed by atoms with E-state index in [0.717, 1.165) is 30.8 Å². The number of carbonyl (C=O) groups excluding carboxylic acids is 2. The number of hydrogen-bond donors (Lipinski definition) is 1. The van der Waals surface area contributed by atoms with Gasteiger partial charge in [-0.05, 0) is 52.0 Å². The summed E-state index contributed by atoms with van der Waals surface area (Å²) in [5, 5.41) is 3.08. The molecule has 0 aromatic carbocycles. The average Bonchev–Trinajstić information content (AvgIpc) is 2.85. The van der Waals surface area contributed by atoms with Crippen molar-refractivity contribution in [1.82, 2.24) is 9.88 Å². The lowest BCUT2D eigenvalue weighted by Gasteiger charge is -2.35. The van der Waals surface area contributed by atoms with Crippen molar-refractivity contribution in [3.63, 3.8) is 0 Å². The summed E-state index contributed by atoms with van der Waals surface area (Å²) < 4.78 is 7.49. The quantitative estimate of drug-likeness (QED) is 0.827. The van der Waals surface area contributed by atoms with E-state index in [2.05, 4.69) is 23.7 Å². The van der Waals surface area contributed by atoms with Crippen molar-refractivity contribution >= 4 is 11.9 Å². The fourth-order valence-corrected chi connectivity index (χ4v) is 3.86. The van der Waals surface area contributed by atoms with E-state index in [-0.39, 0.29) is 11.9 Å². The summed E-state index contributed by atoms with van der Waals surface area (Å²) in [7, 11) is 0. The minimum Gasteiger partial charge on any atom is -0.449 e. The molecule has 25 heavy (non-hydrogen) atoms. The summed E-state index contributed by atoms with van der Waals surface area (Å²) in [6.45, 7) is 12.8. The summed E-state index contributed by atoms with van der Waals surface area (Å²) in [6, 6.07) is 2.00. The van der Waals surface area contributed by atoms with Crippen LogP contribution in [0.3, 0.4) is 0 Å². The molecular formula is C20H32N2O3. The Kier molecular flexibility index (Phi) is 6.31. The largest absolute Gasteiger partial charge is 0.449 e. The van der Waals surface area contributed by atoms with Gasteiger partial charge in [0.15, 0.2) is 6.10 Å². The maximum absolute atomic E-state index is 12.5. The van der Waals surface area contributed by atoms with E-state index >= 15 is 0 Å². The van der Waals surface area contributed by atoms with Crippen molar-refractivity contribution in [3.05, 3.63) is 23.0 Å².